The quantitative estimate of drug-likeness (QED) is 0.694. The highest BCUT2D eigenvalue weighted by Crippen LogP contribution is 2.21. The molecule has 150 valence electrons. The number of alkyl halides is 3. The van der Waals surface area contributed by atoms with E-state index in [4.69, 9.17) is 0 Å². The van der Waals surface area contributed by atoms with E-state index in [-0.39, 0.29) is 19.0 Å². The molecule has 10 heteroatoms. The summed E-state index contributed by atoms with van der Waals surface area (Å²) < 4.78 is 36.0. The number of aryl methyl sites for hydroxylation is 3. The number of benzene rings is 1. The SMILES string of the molecule is Cc1cc(C)c(NC(=O)CN(C)CC(=O)NC(=O)NCC(F)(F)F)c(C)c1. The summed E-state index contributed by atoms with van der Waals surface area (Å²) in [6, 6.07) is 2.61. The van der Waals surface area contributed by atoms with E-state index in [1.165, 1.54) is 17.3 Å². The summed E-state index contributed by atoms with van der Waals surface area (Å²) in [5, 5.41) is 6.06. The first kappa shape index (κ1) is 22.4. The fourth-order valence-corrected chi connectivity index (χ4v) is 2.49. The van der Waals surface area contributed by atoms with Gasteiger partial charge in [0.1, 0.15) is 6.54 Å². The Balaban J connectivity index is 2.47. The third-order valence-corrected chi connectivity index (χ3v) is 3.47. The van der Waals surface area contributed by atoms with Gasteiger partial charge in [0, 0.05) is 5.69 Å². The molecule has 0 spiro atoms. The van der Waals surface area contributed by atoms with Crippen molar-refractivity contribution in [2.45, 2.75) is 26.9 Å². The number of anilines is 1. The van der Waals surface area contributed by atoms with Crippen LogP contribution in [-0.4, -0.2) is 55.6 Å². The van der Waals surface area contributed by atoms with Gasteiger partial charge >= 0.3 is 12.2 Å². The average Bonchev–Trinajstić information content (AvgIpc) is 2.47. The number of carbonyl (C=O) groups excluding carboxylic acids is 3. The Morgan fingerprint density at radius 3 is 2.04 bits per heavy atom. The van der Waals surface area contributed by atoms with E-state index < -0.39 is 24.7 Å². The van der Waals surface area contributed by atoms with Crippen LogP contribution in [0.1, 0.15) is 16.7 Å². The minimum absolute atomic E-state index is 0.135. The zero-order valence-corrected chi connectivity index (χ0v) is 15.6. The Kier molecular flexibility index (Phi) is 7.77. The van der Waals surface area contributed by atoms with Crippen molar-refractivity contribution in [3.8, 4) is 0 Å². The molecule has 1 aromatic carbocycles. The summed E-state index contributed by atoms with van der Waals surface area (Å²) in [5.74, 6) is -1.19. The molecule has 0 unspecified atom stereocenters. The molecule has 0 aliphatic rings. The van der Waals surface area contributed by atoms with E-state index in [0.717, 1.165) is 16.7 Å². The molecule has 0 atom stereocenters. The number of carbonyl (C=O) groups is 3. The van der Waals surface area contributed by atoms with Crippen LogP contribution in [0.25, 0.3) is 0 Å². The largest absolute Gasteiger partial charge is 0.405 e. The molecule has 0 heterocycles. The molecule has 0 saturated heterocycles. The molecule has 3 N–H and O–H groups in total. The van der Waals surface area contributed by atoms with E-state index in [1.807, 2.05) is 32.9 Å². The van der Waals surface area contributed by atoms with E-state index >= 15 is 0 Å². The van der Waals surface area contributed by atoms with Gasteiger partial charge in [-0.3, -0.25) is 19.8 Å². The molecule has 0 bridgehead atoms. The maximum atomic E-state index is 12.1. The normalized spacial score (nSPS) is 11.3. The van der Waals surface area contributed by atoms with Crippen LogP contribution in [0.3, 0.4) is 0 Å². The highest BCUT2D eigenvalue weighted by molar-refractivity contribution is 5.96. The number of halogens is 3. The third-order valence-electron chi connectivity index (χ3n) is 3.47. The first-order valence-corrected chi connectivity index (χ1v) is 8.08. The molecule has 1 rings (SSSR count). The zero-order valence-electron chi connectivity index (χ0n) is 15.6. The van der Waals surface area contributed by atoms with Crippen molar-refractivity contribution in [3.05, 3.63) is 28.8 Å². The van der Waals surface area contributed by atoms with E-state index in [9.17, 15) is 27.6 Å². The second-order valence-electron chi connectivity index (χ2n) is 6.34. The fraction of sp³-hybridized carbons (Fsp3) is 0.471. The Morgan fingerprint density at radius 2 is 1.52 bits per heavy atom. The highest BCUT2D eigenvalue weighted by Gasteiger charge is 2.28. The summed E-state index contributed by atoms with van der Waals surface area (Å²) >= 11 is 0. The van der Waals surface area contributed by atoms with Gasteiger partial charge < -0.3 is 10.6 Å². The predicted molar refractivity (Wildman–Crippen MR) is 94.4 cm³/mol. The highest BCUT2D eigenvalue weighted by atomic mass is 19.4. The first-order chi connectivity index (χ1) is 12.4. The summed E-state index contributed by atoms with van der Waals surface area (Å²) in [5.41, 5.74) is 3.57. The van der Waals surface area contributed by atoms with Gasteiger partial charge in [0.05, 0.1) is 13.1 Å². The van der Waals surface area contributed by atoms with Gasteiger partial charge in [-0.15, -0.1) is 0 Å². The lowest BCUT2D eigenvalue weighted by molar-refractivity contribution is -0.125. The maximum absolute atomic E-state index is 12.1. The van der Waals surface area contributed by atoms with Crippen LogP contribution in [0.4, 0.5) is 23.7 Å². The minimum atomic E-state index is -4.57. The van der Waals surface area contributed by atoms with Gasteiger partial charge in [-0.1, -0.05) is 17.7 Å². The Morgan fingerprint density at radius 1 is 1.00 bits per heavy atom. The summed E-state index contributed by atoms with van der Waals surface area (Å²) in [4.78, 5) is 36.3. The summed E-state index contributed by atoms with van der Waals surface area (Å²) in [6.07, 6.45) is -4.57. The van der Waals surface area contributed by atoms with Crippen LogP contribution in [0.2, 0.25) is 0 Å². The molecule has 1 aromatic rings. The van der Waals surface area contributed by atoms with E-state index in [2.05, 4.69) is 5.32 Å². The number of nitrogens with one attached hydrogen (secondary N) is 3. The molecule has 27 heavy (non-hydrogen) atoms. The van der Waals surface area contributed by atoms with Crippen LogP contribution >= 0.6 is 0 Å². The van der Waals surface area contributed by atoms with Crippen molar-refractivity contribution < 1.29 is 27.6 Å². The average molecular weight is 388 g/mol. The zero-order chi connectivity index (χ0) is 20.8. The monoisotopic (exact) mass is 388 g/mol. The number of nitrogens with zero attached hydrogens (tertiary/aromatic N) is 1. The molecular weight excluding hydrogens is 365 g/mol. The molecule has 0 fully saturated rings. The first-order valence-electron chi connectivity index (χ1n) is 8.08. The number of hydrogen-bond acceptors (Lipinski definition) is 4. The van der Waals surface area contributed by atoms with Crippen LogP contribution in [0.15, 0.2) is 12.1 Å². The van der Waals surface area contributed by atoms with E-state index in [0.29, 0.717) is 5.69 Å². The number of hydrogen-bond donors (Lipinski definition) is 3. The molecule has 0 aliphatic heterocycles. The lowest BCUT2D eigenvalue weighted by atomic mass is 10.1. The van der Waals surface area contributed by atoms with Crippen molar-refractivity contribution in [1.82, 2.24) is 15.5 Å². The molecular formula is C17H23F3N4O3. The predicted octanol–water partition coefficient (Wildman–Crippen LogP) is 1.87. The maximum Gasteiger partial charge on any atom is 0.405 e. The Labute approximate surface area is 155 Å². The van der Waals surface area contributed by atoms with Crippen molar-refractivity contribution in [2.24, 2.45) is 0 Å². The number of rotatable bonds is 6. The van der Waals surface area contributed by atoms with Gasteiger partial charge in [0.25, 0.3) is 0 Å². The lowest BCUT2D eigenvalue weighted by Crippen LogP contribution is -2.47. The van der Waals surface area contributed by atoms with Crippen LogP contribution in [0, 0.1) is 20.8 Å². The fourth-order valence-electron chi connectivity index (χ4n) is 2.49. The van der Waals surface area contributed by atoms with Crippen molar-refractivity contribution in [3.63, 3.8) is 0 Å². The lowest BCUT2D eigenvalue weighted by Gasteiger charge is -2.18. The van der Waals surface area contributed by atoms with Gasteiger partial charge in [0.2, 0.25) is 11.8 Å². The smallest absolute Gasteiger partial charge is 0.329 e. The number of imide groups is 1. The second-order valence-corrected chi connectivity index (χ2v) is 6.34. The Hall–Kier alpha value is -2.62. The summed E-state index contributed by atoms with van der Waals surface area (Å²) in [6.45, 7) is 3.67. The number of amides is 4. The van der Waals surface area contributed by atoms with Crippen molar-refractivity contribution in [2.75, 3.05) is 32.0 Å². The van der Waals surface area contributed by atoms with Crippen LogP contribution < -0.4 is 16.0 Å². The van der Waals surface area contributed by atoms with Gasteiger partial charge in [0.15, 0.2) is 0 Å². The van der Waals surface area contributed by atoms with Crippen LogP contribution in [0.5, 0.6) is 0 Å². The molecule has 0 saturated carbocycles. The minimum Gasteiger partial charge on any atom is -0.329 e. The molecule has 0 radical (unpaired) electrons. The topological polar surface area (TPSA) is 90.5 Å². The second kappa shape index (κ2) is 9.36. The molecule has 0 aliphatic carbocycles. The van der Waals surface area contributed by atoms with E-state index in [1.54, 1.807) is 5.32 Å². The van der Waals surface area contributed by atoms with Crippen molar-refractivity contribution >= 4 is 23.5 Å². The van der Waals surface area contributed by atoms with Crippen LogP contribution in [-0.2, 0) is 9.59 Å². The number of likely N-dealkylation sites (N-methyl/N-ethyl adjacent to an activating group) is 1. The van der Waals surface area contributed by atoms with Crippen molar-refractivity contribution in [1.29, 1.82) is 0 Å². The number of urea groups is 1. The summed E-state index contributed by atoms with van der Waals surface area (Å²) in [7, 11) is 1.47. The van der Waals surface area contributed by atoms with Gasteiger partial charge in [-0.2, -0.15) is 13.2 Å². The van der Waals surface area contributed by atoms with Gasteiger partial charge in [-0.25, -0.2) is 4.79 Å². The van der Waals surface area contributed by atoms with Gasteiger partial charge in [-0.05, 0) is 38.9 Å². The molecule has 0 aromatic heterocycles. The Bertz CT molecular complexity index is 697. The molecule has 4 amide bonds. The molecule has 7 nitrogen and oxygen atoms in total. The third kappa shape index (κ3) is 8.54. The standard InChI is InChI=1S/C17H23F3N4O3/c1-10-5-11(2)15(12(3)6-10)22-13(25)7-24(4)8-14(26)23-16(27)21-9-17(18,19)20/h5-6H,7-9H2,1-4H3,(H,22,25)(H2,21,23,26,27).